The van der Waals surface area contributed by atoms with Crippen molar-refractivity contribution in [3.63, 3.8) is 0 Å². The van der Waals surface area contributed by atoms with E-state index in [-0.39, 0.29) is 0 Å². The van der Waals surface area contributed by atoms with Crippen LogP contribution in [-0.4, -0.2) is 4.57 Å². The maximum absolute atomic E-state index is 3.56. The van der Waals surface area contributed by atoms with E-state index in [1.807, 2.05) is 0 Å². The number of nitrogens with zero attached hydrogens (tertiary/aromatic N) is 1. The molecule has 0 bridgehead atoms. The third kappa shape index (κ3) is 3.02. The average Bonchev–Trinajstić information content (AvgIpc) is 2.81. The molecule has 18 heavy (non-hydrogen) atoms. The zero-order chi connectivity index (χ0) is 13.0. The molecule has 96 valence electrons. The van der Waals surface area contributed by atoms with Gasteiger partial charge in [-0.3, -0.25) is 0 Å². The van der Waals surface area contributed by atoms with Gasteiger partial charge in [-0.1, -0.05) is 31.2 Å². The molecule has 0 aliphatic carbocycles. The second-order valence-electron chi connectivity index (χ2n) is 4.81. The first-order valence-corrected chi connectivity index (χ1v) is 6.63. The van der Waals surface area contributed by atoms with Crippen molar-refractivity contribution in [1.82, 2.24) is 9.88 Å². The first-order chi connectivity index (χ1) is 8.70. The van der Waals surface area contributed by atoms with E-state index in [1.54, 1.807) is 0 Å². The molecule has 0 fully saturated rings. The Balaban J connectivity index is 1.94. The van der Waals surface area contributed by atoms with E-state index in [0.29, 0.717) is 6.04 Å². The van der Waals surface area contributed by atoms with Crippen LogP contribution >= 0.6 is 0 Å². The summed E-state index contributed by atoms with van der Waals surface area (Å²) in [6.45, 7) is 5.30. The van der Waals surface area contributed by atoms with Crippen molar-refractivity contribution in [3.05, 3.63) is 59.4 Å². The van der Waals surface area contributed by atoms with E-state index >= 15 is 0 Å². The van der Waals surface area contributed by atoms with Gasteiger partial charge in [-0.2, -0.15) is 0 Å². The minimum Gasteiger partial charge on any atom is -0.353 e. The number of aryl methyl sites for hydroxylation is 2. The summed E-state index contributed by atoms with van der Waals surface area (Å²) in [4.78, 5) is 0. The van der Waals surface area contributed by atoms with E-state index in [4.69, 9.17) is 0 Å². The molecular formula is C16H22N2. The van der Waals surface area contributed by atoms with Crippen molar-refractivity contribution < 1.29 is 0 Å². The molecule has 1 aromatic heterocycles. The number of rotatable bonds is 5. The van der Waals surface area contributed by atoms with Gasteiger partial charge in [0.25, 0.3) is 0 Å². The minimum atomic E-state index is 0.380. The fourth-order valence-corrected chi connectivity index (χ4v) is 2.10. The zero-order valence-electron chi connectivity index (χ0n) is 11.5. The van der Waals surface area contributed by atoms with Crippen LogP contribution in [0, 0.1) is 0 Å². The van der Waals surface area contributed by atoms with E-state index in [9.17, 15) is 0 Å². The van der Waals surface area contributed by atoms with Crippen molar-refractivity contribution in [2.24, 2.45) is 7.05 Å². The molecule has 2 heteroatoms. The molecule has 1 unspecified atom stereocenters. The molecule has 0 saturated carbocycles. The molecule has 1 atom stereocenters. The molecule has 0 amide bonds. The van der Waals surface area contributed by atoms with Gasteiger partial charge in [0.2, 0.25) is 0 Å². The maximum atomic E-state index is 3.56. The monoisotopic (exact) mass is 242 g/mol. The lowest BCUT2D eigenvalue weighted by atomic mass is 10.1. The summed E-state index contributed by atoms with van der Waals surface area (Å²) in [5.74, 6) is 0. The van der Waals surface area contributed by atoms with E-state index in [1.165, 1.54) is 16.8 Å². The Morgan fingerprint density at radius 3 is 2.44 bits per heavy atom. The SMILES string of the molecule is CCc1ccc(C(C)NCc2cccn2C)cc1. The Morgan fingerprint density at radius 2 is 1.89 bits per heavy atom. The van der Waals surface area contributed by atoms with Crippen molar-refractivity contribution in [2.75, 3.05) is 0 Å². The Hall–Kier alpha value is -1.54. The fourth-order valence-electron chi connectivity index (χ4n) is 2.10. The molecule has 2 nitrogen and oxygen atoms in total. The molecule has 1 aromatic carbocycles. The Labute approximate surface area is 110 Å². The molecule has 0 aliphatic rings. The van der Waals surface area contributed by atoms with Gasteiger partial charge in [-0.15, -0.1) is 0 Å². The lowest BCUT2D eigenvalue weighted by Crippen LogP contribution is -2.19. The van der Waals surface area contributed by atoms with Crippen LogP contribution in [0.2, 0.25) is 0 Å². The van der Waals surface area contributed by atoms with Crippen molar-refractivity contribution in [1.29, 1.82) is 0 Å². The lowest BCUT2D eigenvalue weighted by Gasteiger charge is -2.15. The normalized spacial score (nSPS) is 12.6. The molecule has 0 radical (unpaired) electrons. The second kappa shape index (κ2) is 5.87. The maximum Gasteiger partial charge on any atom is 0.0364 e. The molecule has 2 aromatic rings. The standard InChI is InChI=1S/C16H22N2/c1-4-14-7-9-15(10-8-14)13(2)17-12-16-6-5-11-18(16)3/h5-11,13,17H,4,12H2,1-3H3. The number of aromatic nitrogens is 1. The van der Waals surface area contributed by atoms with E-state index in [0.717, 1.165) is 13.0 Å². The van der Waals surface area contributed by atoms with Gasteiger partial charge < -0.3 is 9.88 Å². The highest BCUT2D eigenvalue weighted by Gasteiger charge is 2.05. The van der Waals surface area contributed by atoms with Crippen molar-refractivity contribution in [2.45, 2.75) is 32.9 Å². The molecule has 0 saturated heterocycles. The van der Waals surface area contributed by atoms with Gasteiger partial charge in [-0.05, 0) is 36.6 Å². The van der Waals surface area contributed by atoms with E-state index in [2.05, 4.69) is 73.4 Å². The topological polar surface area (TPSA) is 17.0 Å². The van der Waals surface area contributed by atoms with Crippen LogP contribution < -0.4 is 5.32 Å². The molecule has 0 aliphatic heterocycles. The number of nitrogens with one attached hydrogen (secondary N) is 1. The van der Waals surface area contributed by atoms with Crippen molar-refractivity contribution in [3.8, 4) is 0 Å². The van der Waals surface area contributed by atoms with Crippen LogP contribution in [0.3, 0.4) is 0 Å². The summed E-state index contributed by atoms with van der Waals surface area (Å²) >= 11 is 0. The van der Waals surface area contributed by atoms with Gasteiger partial charge in [-0.25, -0.2) is 0 Å². The third-order valence-electron chi connectivity index (χ3n) is 3.53. The summed E-state index contributed by atoms with van der Waals surface area (Å²) in [6.07, 6.45) is 3.18. The molecule has 2 rings (SSSR count). The zero-order valence-corrected chi connectivity index (χ0v) is 11.5. The highest BCUT2D eigenvalue weighted by Crippen LogP contribution is 2.14. The summed E-state index contributed by atoms with van der Waals surface area (Å²) < 4.78 is 2.15. The Bertz CT molecular complexity index is 482. The first-order valence-electron chi connectivity index (χ1n) is 6.63. The molecular weight excluding hydrogens is 220 g/mol. The van der Waals surface area contributed by atoms with Crippen LogP contribution in [0.4, 0.5) is 0 Å². The molecule has 1 heterocycles. The van der Waals surface area contributed by atoms with Gasteiger partial charge in [0, 0.05) is 31.5 Å². The van der Waals surface area contributed by atoms with Crippen LogP contribution in [-0.2, 0) is 20.0 Å². The predicted octanol–water partition coefficient (Wildman–Crippen LogP) is 3.44. The quantitative estimate of drug-likeness (QED) is 0.850. The minimum absolute atomic E-state index is 0.380. The number of hydrogen-bond acceptors (Lipinski definition) is 1. The largest absolute Gasteiger partial charge is 0.353 e. The van der Waals surface area contributed by atoms with Gasteiger partial charge >= 0.3 is 0 Å². The van der Waals surface area contributed by atoms with Gasteiger partial charge in [0.1, 0.15) is 0 Å². The third-order valence-corrected chi connectivity index (χ3v) is 3.53. The molecule has 0 spiro atoms. The Kier molecular flexibility index (Phi) is 4.21. The first kappa shape index (κ1) is 12.9. The van der Waals surface area contributed by atoms with Crippen LogP contribution in [0.1, 0.15) is 36.7 Å². The van der Waals surface area contributed by atoms with E-state index < -0.39 is 0 Å². The smallest absolute Gasteiger partial charge is 0.0364 e. The summed E-state index contributed by atoms with van der Waals surface area (Å²) in [6, 6.07) is 13.5. The molecule has 1 N–H and O–H groups in total. The van der Waals surface area contributed by atoms with Gasteiger partial charge in [0.15, 0.2) is 0 Å². The van der Waals surface area contributed by atoms with Crippen LogP contribution in [0.5, 0.6) is 0 Å². The van der Waals surface area contributed by atoms with Crippen LogP contribution in [0.25, 0.3) is 0 Å². The average molecular weight is 242 g/mol. The highest BCUT2D eigenvalue weighted by molar-refractivity contribution is 5.24. The Morgan fingerprint density at radius 1 is 1.17 bits per heavy atom. The summed E-state index contributed by atoms with van der Waals surface area (Å²) in [5.41, 5.74) is 4.06. The highest BCUT2D eigenvalue weighted by atomic mass is 15.0. The summed E-state index contributed by atoms with van der Waals surface area (Å²) in [5, 5.41) is 3.56. The van der Waals surface area contributed by atoms with Crippen LogP contribution in [0.15, 0.2) is 42.6 Å². The second-order valence-corrected chi connectivity index (χ2v) is 4.81. The van der Waals surface area contributed by atoms with Crippen molar-refractivity contribution >= 4 is 0 Å². The predicted molar refractivity (Wildman–Crippen MR) is 76.5 cm³/mol. The lowest BCUT2D eigenvalue weighted by molar-refractivity contribution is 0.558. The fraction of sp³-hybridized carbons (Fsp3) is 0.375. The number of hydrogen-bond donors (Lipinski definition) is 1. The summed E-state index contributed by atoms with van der Waals surface area (Å²) in [7, 11) is 2.08. The number of benzene rings is 1. The van der Waals surface area contributed by atoms with Gasteiger partial charge in [0.05, 0.1) is 0 Å².